The first-order valence-electron chi connectivity index (χ1n) is 19.0. The Morgan fingerprint density at radius 2 is 1.88 bits per heavy atom. The lowest BCUT2D eigenvalue weighted by Crippen LogP contribution is -2.44. The normalized spacial score (nSPS) is 27.5. The van der Waals surface area contributed by atoms with E-state index in [0.717, 1.165) is 87.3 Å². The second-order valence-corrected chi connectivity index (χ2v) is 17.5. The smallest absolute Gasteiger partial charge is 0.286 e. The predicted molar refractivity (Wildman–Crippen MR) is 207 cm³/mol. The van der Waals surface area contributed by atoms with Crippen molar-refractivity contribution in [3.05, 3.63) is 93.8 Å². The lowest BCUT2D eigenvalue weighted by atomic mass is 9.70. The topological polar surface area (TPSA) is 102 Å². The number of carbonyl (C=O) groups is 2. The molecule has 1 N–H and O–H groups in total. The van der Waals surface area contributed by atoms with Gasteiger partial charge in [0.05, 0.1) is 29.7 Å². The molecule has 2 bridgehead atoms. The summed E-state index contributed by atoms with van der Waals surface area (Å²) < 4.78 is 36.3. The molecule has 52 heavy (non-hydrogen) atoms. The fourth-order valence-electron chi connectivity index (χ4n) is 8.27. The summed E-state index contributed by atoms with van der Waals surface area (Å²) in [6.07, 6.45) is 15.4. The van der Waals surface area contributed by atoms with Crippen molar-refractivity contribution in [1.82, 2.24) is 9.29 Å². The van der Waals surface area contributed by atoms with Crippen LogP contribution in [0.25, 0.3) is 0 Å². The van der Waals surface area contributed by atoms with Crippen molar-refractivity contribution < 1.29 is 23.3 Å². The molecule has 1 unspecified atom stereocenters. The highest BCUT2D eigenvalue weighted by Gasteiger charge is 2.38. The van der Waals surface area contributed by atoms with Crippen LogP contribution in [0.4, 0.5) is 5.69 Å². The molecule has 0 radical (unpaired) electrons. The second-order valence-electron chi connectivity index (χ2n) is 15.1. The van der Waals surface area contributed by atoms with Gasteiger partial charge in [-0.1, -0.05) is 36.7 Å². The number of anilines is 1. The van der Waals surface area contributed by atoms with Gasteiger partial charge in [0, 0.05) is 49.2 Å². The van der Waals surface area contributed by atoms with E-state index < -0.39 is 21.7 Å². The lowest BCUT2D eigenvalue weighted by Gasteiger charge is -2.43. The number of benzene rings is 2. The highest BCUT2D eigenvalue weighted by atomic mass is 35.5. The second kappa shape index (κ2) is 16.2. The number of aryl methyl sites for hydroxylation is 3. The van der Waals surface area contributed by atoms with Gasteiger partial charge >= 0.3 is 0 Å². The summed E-state index contributed by atoms with van der Waals surface area (Å²) in [6.45, 7) is 4.86. The molecule has 1 fully saturated rings. The number of nitrogens with one attached hydrogen (secondary N) is 1. The Balaban J connectivity index is 1.27. The Morgan fingerprint density at radius 3 is 2.69 bits per heavy atom. The van der Waals surface area contributed by atoms with E-state index in [1.807, 2.05) is 37.4 Å². The van der Waals surface area contributed by atoms with Crippen molar-refractivity contribution in [2.45, 2.75) is 83.8 Å². The largest absolute Gasteiger partial charge is 0.491 e. The molecule has 2 aromatic carbocycles. The van der Waals surface area contributed by atoms with E-state index in [-0.39, 0.29) is 17.8 Å². The highest BCUT2D eigenvalue weighted by Crippen LogP contribution is 2.41. The summed E-state index contributed by atoms with van der Waals surface area (Å²) in [5.74, 6) is 0.273. The molecule has 7 rings (SSSR count). The fourth-order valence-corrected chi connectivity index (χ4v) is 10.4. The van der Waals surface area contributed by atoms with Crippen molar-refractivity contribution in [1.29, 1.82) is 0 Å². The highest BCUT2D eigenvalue weighted by molar-refractivity contribution is 7.92. The third-order valence-corrected chi connectivity index (χ3v) is 13.5. The molecule has 2 amide bonds. The first-order valence-corrected chi connectivity index (χ1v) is 21.0. The Bertz CT molecular complexity index is 1920. The van der Waals surface area contributed by atoms with Crippen molar-refractivity contribution >= 4 is 39.0 Å². The molecule has 4 heterocycles. The van der Waals surface area contributed by atoms with Crippen LogP contribution >= 0.6 is 11.6 Å². The zero-order valence-electron chi connectivity index (χ0n) is 30.4. The van der Waals surface area contributed by atoms with Gasteiger partial charge in [-0.3, -0.25) is 14.3 Å². The van der Waals surface area contributed by atoms with E-state index >= 15 is 0 Å². The van der Waals surface area contributed by atoms with Gasteiger partial charge in [0.1, 0.15) is 15.7 Å². The fraction of sp³-hybridized carbons (Fsp3) is 0.512. The molecule has 1 aromatic heterocycles. The van der Waals surface area contributed by atoms with Crippen LogP contribution in [0.1, 0.15) is 89.4 Å². The van der Waals surface area contributed by atoms with Crippen molar-refractivity contribution in [2.24, 2.45) is 22.1 Å². The van der Waals surface area contributed by atoms with Gasteiger partial charge in [0.25, 0.3) is 11.8 Å². The number of nitrogens with zero attached hydrogens (tertiary/aromatic N) is 3. The standard InChI is InChI=1S/C41H51ClN4O5S/c1-28-8-7-11-38(50-2)36-16-13-32(36)25-46-20-18-29-12-15-34(42)22-30(29)9-4-6-21-51-39-17-14-31(24-37(39)46)40(47)43-52(49,27-28)44-41(48)33-23-35-10-3-5-19-45(35)26-33/h7,11-12,14-15,17,22-24,26,28,32,36,38H,3-6,8-10,13,16,18-21,25,27H2,1-2H3,(H,43,44,47,48,49)/b11-7+/t28-,32-,36+,38-,52?/m0/s1. The summed E-state index contributed by atoms with van der Waals surface area (Å²) >= 11 is 6.44. The van der Waals surface area contributed by atoms with Gasteiger partial charge in [-0.05, 0) is 129 Å². The maximum atomic E-state index is 14.7. The number of hydrogen-bond acceptors (Lipinski definition) is 6. The Kier molecular flexibility index (Phi) is 11.4. The predicted octanol–water partition coefficient (Wildman–Crippen LogP) is 7.83. The lowest BCUT2D eigenvalue weighted by molar-refractivity contribution is 0.0135. The van der Waals surface area contributed by atoms with Gasteiger partial charge in [-0.15, -0.1) is 4.36 Å². The number of fused-ring (bicyclic) bond motifs is 4. The van der Waals surface area contributed by atoms with Crippen LogP contribution in [0, 0.1) is 17.8 Å². The quantitative estimate of drug-likeness (QED) is 0.274. The zero-order valence-corrected chi connectivity index (χ0v) is 31.9. The van der Waals surface area contributed by atoms with E-state index in [1.165, 1.54) is 11.1 Å². The maximum absolute atomic E-state index is 14.7. The third kappa shape index (κ3) is 8.45. The first kappa shape index (κ1) is 36.7. The Labute approximate surface area is 313 Å². The minimum atomic E-state index is -3.50. The third-order valence-electron chi connectivity index (χ3n) is 11.3. The van der Waals surface area contributed by atoms with E-state index in [4.69, 9.17) is 21.1 Å². The summed E-state index contributed by atoms with van der Waals surface area (Å²) in [6, 6.07) is 13.5. The molecule has 278 valence electrons. The number of aromatic nitrogens is 1. The molecule has 3 aliphatic heterocycles. The number of ether oxygens (including phenoxy) is 2. The van der Waals surface area contributed by atoms with Gasteiger partial charge < -0.3 is 18.9 Å². The number of methoxy groups -OCH3 is 1. The molecule has 11 heteroatoms. The van der Waals surface area contributed by atoms with Gasteiger partial charge in [0.15, 0.2) is 0 Å². The minimum Gasteiger partial charge on any atom is -0.491 e. The summed E-state index contributed by atoms with van der Waals surface area (Å²) in [5, 5.41) is 0.746. The van der Waals surface area contributed by atoms with Gasteiger partial charge in [0.2, 0.25) is 0 Å². The summed E-state index contributed by atoms with van der Waals surface area (Å²) in [4.78, 5) is 30.0. The number of carbonyl (C=O) groups excluding carboxylic acids is 2. The van der Waals surface area contributed by atoms with Crippen molar-refractivity contribution in [3.63, 3.8) is 0 Å². The first-order chi connectivity index (χ1) is 25.2. The van der Waals surface area contributed by atoms with Crippen LogP contribution in [-0.4, -0.2) is 59.3 Å². The molecule has 5 atom stereocenters. The molecule has 4 aliphatic rings. The molecule has 3 aromatic rings. The van der Waals surface area contributed by atoms with Gasteiger partial charge in [-0.2, -0.15) is 0 Å². The van der Waals surface area contributed by atoms with Crippen LogP contribution in [0.2, 0.25) is 5.02 Å². The molecule has 0 spiro atoms. The van der Waals surface area contributed by atoms with E-state index in [1.54, 1.807) is 13.2 Å². The van der Waals surface area contributed by atoms with E-state index in [9.17, 15) is 13.8 Å². The number of allylic oxidation sites excluding steroid dienone is 1. The number of rotatable bonds is 3. The molecule has 9 nitrogen and oxygen atoms in total. The van der Waals surface area contributed by atoms with Crippen molar-refractivity contribution in [2.75, 3.05) is 37.5 Å². The molecule has 1 saturated carbocycles. The number of halogens is 1. The molecule has 0 saturated heterocycles. The maximum Gasteiger partial charge on any atom is 0.286 e. The van der Waals surface area contributed by atoms with Gasteiger partial charge in [-0.25, -0.2) is 4.21 Å². The van der Waals surface area contributed by atoms with Crippen LogP contribution < -0.4 is 14.4 Å². The monoisotopic (exact) mass is 746 g/mol. The Morgan fingerprint density at radius 1 is 1.02 bits per heavy atom. The zero-order chi connectivity index (χ0) is 36.2. The van der Waals surface area contributed by atoms with E-state index in [0.29, 0.717) is 48.3 Å². The minimum absolute atomic E-state index is 0.0374. The Hall–Kier alpha value is -3.60. The van der Waals surface area contributed by atoms with Crippen LogP contribution in [0.15, 0.2) is 65.2 Å². The summed E-state index contributed by atoms with van der Waals surface area (Å²) in [5.41, 5.74) is 5.21. The van der Waals surface area contributed by atoms with E-state index in [2.05, 4.69) is 42.8 Å². The molecular weight excluding hydrogens is 696 g/mol. The molecule has 1 aliphatic carbocycles. The van der Waals surface area contributed by atoms with Crippen LogP contribution in [-0.2, 0) is 40.5 Å². The summed E-state index contributed by atoms with van der Waals surface area (Å²) in [7, 11) is -1.73. The molecular formula is C41H51ClN4O5S. The average molecular weight is 747 g/mol. The number of amides is 2. The average Bonchev–Trinajstić information content (AvgIpc) is 3.55. The van der Waals surface area contributed by atoms with Crippen LogP contribution in [0.3, 0.4) is 0 Å². The van der Waals surface area contributed by atoms with Crippen LogP contribution in [0.5, 0.6) is 5.75 Å². The SMILES string of the molecule is CO[C@H]1/C=C/C[C@H](C)CS(=O)(NC(=O)c2cc3n(c2)CCCC3)=NC(=O)c2ccc3c(c2)N(CCc2ccc(Cl)cc2CCCCO3)C[C@@H]2CC[C@H]21. The number of hydrogen-bond donors (Lipinski definition) is 1. The van der Waals surface area contributed by atoms with Crippen molar-refractivity contribution in [3.8, 4) is 5.75 Å².